The van der Waals surface area contributed by atoms with Gasteiger partial charge in [0, 0.05) is 22.1 Å². The van der Waals surface area contributed by atoms with E-state index in [1.54, 1.807) is 60.0 Å². The molecule has 0 aliphatic rings. The zero-order valence-corrected chi connectivity index (χ0v) is 16.9. The van der Waals surface area contributed by atoms with E-state index in [1.165, 1.54) is 23.5 Å². The van der Waals surface area contributed by atoms with Crippen molar-refractivity contribution in [2.45, 2.75) is 12.5 Å². The Labute approximate surface area is 180 Å². The fraction of sp³-hybridized carbons (Fsp3) is 0.0870. The summed E-state index contributed by atoms with van der Waals surface area (Å²) in [6, 6.07) is 17.5. The summed E-state index contributed by atoms with van der Waals surface area (Å²) in [6.45, 7) is -0.380. The Balaban J connectivity index is 1.48. The SMILES string of the molecule is NC(=O)c1ccc(-c2nc(COC(=O)C(F)(F)c3cccc4ccccc34)cs2)cc1. The third kappa shape index (κ3) is 4.15. The largest absolute Gasteiger partial charge is 0.454 e. The third-order valence-electron chi connectivity index (χ3n) is 4.70. The first kappa shape index (κ1) is 20.6. The Morgan fingerprint density at radius 3 is 2.45 bits per heavy atom. The lowest BCUT2D eigenvalue weighted by Crippen LogP contribution is -2.28. The molecule has 0 spiro atoms. The standard InChI is InChI=1S/C23H16F2N2O3S/c24-23(25,19-7-3-5-14-4-1-2-6-18(14)19)22(29)30-12-17-13-31-21(27-17)16-10-8-15(9-11-16)20(26)28/h1-11,13H,12H2,(H2,26,28). The monoisotopic (exact) mass is 438 g/mol. The van der Waals surface area contributed by atoms with E-state index in [9.17, 15) is 18.4 Å². The van der Waals surface area contributed by atoms with Gasteiger partial charge in [0.15, 0.2) is 0 Å². The number of benzene rings is 3. The third-order valence-corrected chi connectivity index (χ3v) is 5.64. The molecule has 0 saturated carbocycles. The number of primary amides is 1. The number of hydrogen-bond acceptors (Lipinski definition) is 5. The first-order chi connectivity index (χ1) is 14.9. The average molecular weight is 438 g/mol. The molecule has 0 fully saturated rings. The second kappa shape index (κ2) is 8.23. The average Bonchev–Trinajstić information content (AvgIpc) is 3.26. The van der Waals surface area contributed by atoms with Gasteiger partial charge in [0.25, 0.3) is 0 Å². The van der Waals surface area contributed by atoms with Crippen LogP contribution in [0.15, 0.2) is 72.1 Å². The number of esters is 1. The highest BCUT2D eigenvalue weighted by Gasteiger charge is 2.44. The topological polar surface area (TPSA) is 82.3 Å². The summed E-state index contributed by atoms with van der Waals surface area (Å²) < 4.78 is 34.5. The molecule has 1 aromatic heterocycles. The molecule has 1 heterocycles. The van der Waals surface area contributed by atoms with Gasteiger partial charge in [-0.15, -0.1) is 11.3 Å². The molecule has 0 unspecified atom stereocenters. The molecule has 4 rings (SSSR count). The fourth-order valence-corrected chi connectivity index (χ4v) is 3.93. The Morgan fingerprint density at radius 2 is 1.71 bits per heavy atom. The number of halogens is 2. The summed E-state index contributed by atoms with van der Waals surface area (Å²) in [7, 11) is 0. The number of nitrogens with zero attached hydrogens (tertiary/aromatic N) is 1. The van der Waals surface area contributed by atoms with Crippen LogP contribution in [0.2, 0.25) is 0 Å². The fourth-order valence-electron chi connectivity index (χ4n) is 3.12. The van der Waals surface area contributed by atoms with Gasteiger partial charge in [-0.3, -0.25) is 4.79 Å². The maximum atomic E-state index is 14.8. The van der Waals surface area contributed by atoms with Crippen LogP contribution in [0, 0.1) is 0 Å². The van der Waals surface area contributed by atoms with Crippen molar-refractivity contribution in [3.8, 4) is 10.6 Å². The number of carbonyl (C=O) groups excluding carboxylic acids is 2. The number of ether oxygens (including phenoxy) is 1. The van der Waals surface area contributed by atoms with Gasteiger partial charge in [0.1, 0.15) is 11.6 Å². The van der Waals surface area contributed by atoms with E-state index < -0.39 is 23.4 Å². The normalized spacial score (nSPS) is 11.4. The van der Waals surface area contributed by atoms with Gasteiger partial charge < -0.3 is 10.5 Å². The number of carbonyl (C=O) groups is 2. The molecule has 3 aromatic carbocycles. The number of alkyl halides is 2. The van der Waals surface area contributed by atoms with Gasteiger partial charge in [-0.05, 0) is 22.9 Å². The van der Waals surface area contributed by atoms with Crippen LogP contribution >= 0.6 is 11.3 Å². The molecule has 2 N–H and O–H groups in total. The van der Waals surface area contributed by atoms with Crippen LogP contribution in [-0.4, -0.2) is 16.9 Å². The van der Waals surface area contributed by atoms with Gasteiger partial charge >= 0.3 is 11.9 Å². The zero-order chi connectivity index (χ0) is 22.0. The van der Waals surface area contributed by atoms with Crippen molar-refractivity contribution in [2.75, 3.05) is 0 Å². The molecular weight excluding hydrogens is 422 g/mol. The summed E-state index contributed by atoms with van der Waals surface area (Å²) in [5.41, 5.74) is 6.27. The number of amides is 1. The summed E-state index contributed by atoms with van der Waals surface area (Å²) >= 11 is 1.27. The van der Waals surface area contributed by atoms with Crippen molar-refractivity contribution < 1.29 is 23.1 Å². The molecule has 1 amide bonds. The molecule has 0 bridgehead atoms. The highest BCUT2D eigenvalue weighted by atomic mass is 32.1. The number of hydrogen-bond donors (Lipinski definition) is 1. The van der Waals surface area contributed by atoms with Crippen molar-refractivity contribution >= 4 is 34.0 Å². The van der Waals surface area contributed by atoms with Crippen LogP contribution in [-0.2, 0) is 22.1 Å². The summed E-state index contributed by atoms with van der Waals surface area (Å²) in [6.07, 6.45) is 0. The number of rotatable bonds is 6. The first-order valence-corrected chi connectivity index (χ1v) is 10.1. The second-order valence-electron chi connectivity index (χ2n) is 6.76. The van der Waals surface area contributed by atoms with Crippen molar-refractivity contribution in [3.05, 3.63) is 88.9 Å². The predicted molar refractivity (Wildman–Crippen MR) is 114 cm³/mol. The number of fused-ring (bicyclic) bond motifs is 1. The lowest BCUT2D eigenvalue weighted by molar-refractivity contribution is -0.175. The zero-order valence-electron chi connectivity index (χ0n) is 16.0. The van der Waals surface area contributed by atoms with Crippen molar-refractivity contribution in [1.29, 1.82) is 0 Å². The molecule has 31 heavy (non-hydrogen) atoms. The lowest BCUT2D eigenvalue weighted by atomic mass is 10.00. The Hall–Kier alpha value is -3.65. The van der Waals surface area contributed by atoms with Crippen LogP contribution in [0.3, 0.4) is 0 Å². The molecule has 4 aromatic rings. The quantitative estimate of drug-likeness (QED) is 0.434. The molecule has 0 saturated heterocycles. The highest BCUT2D eigenvalue weighted by Crippen LogP contribution is 2.35. The summed E-state index contributed by atoms with van der Waals surface area (Å²) in [4.78, 5) is 27.7. The maximum Gasteiger partial charge on any atom is 0.382 e. The minimum absolute atomic E-state index is 0.294. The summed E-state index contributed by atoms with van der Waals surface area (Å²) in [5, 5.41) is 3.13. The van der Waals surface area contributed by atoms with Crippen molar-refractivity contribution in [2.24, 2.45) is 5.73 Å². The van der Waals surface area contributed by atoms with Crippen molar-refractivity contribution in [3.63, 3.8) is 0 Å². The molecule has 0 radical (unpaired) electrons. The van der Waals surface area contributed by atoms with Crippen LogP contribution in [0.25, 0.3) is 21.3 Å². The summed E-state index contributed by atoms with van der Waals surface area (Å²) in [5.74, 6) is -5.97. The molecular formula is C23H16F2N2O3S. The molecule has 0 aliphatic carbocycles. The van der Waals surface area contributed by atoms with E-state index in [1.807, 2.05) is 0 Å². The molecule has 8 heteroatoms. The first-order valence-electron chi connectivity index (χ1n) is 9.24. The minimum Gasteiger partial charge on any atom is -0.454 e. The van der Waals surface area contributed by atoms with Crippen LogP contribution in [0.1, 0.15) is 21.6 Å². The van der Waals surface area contributed by atoms with Crippen LogP contribution in [0.4, 0.5) is 8.78 Å². The van der Waals surface area contributed by atoms with Gasteiger partial charge in [-0.25, -0.2) is 9.78 Å². The second-order valence-corrected chi connectivity index (χ2v) is 7.62. The molecule has 0 atom stereocenters. The Kier molecular flexibility index (Phi) is 5.48. The van der Waals surface area contributed by atoms with Gasteiger partial charge in [0.05, 0.1) is 5.69 Å². The van der Waals surface area contributed by atoms with Crippen molar-refractivity contribution in [1.82, 2.24) is 4.98 Å². The van der Waals surface area contributed by atoms with Crippen LogP contribution in [0.5, 0.6) is 0 Å². The van der Waals surface area contributed by atoms with Crippen LogP contribution < -0.4 is 5.73 Å². The smallest absolute Gasteiger partial charge is 0.382 e. The Bertz CT molecular complexity index is 1260. The lowest BCUT2D eigenvalue weighted by Gasteiger charge is -2.17. The van der Waals surface area contributed by atoms with E-state index in [0.717, 1.165) is 5.56 Å². The number of nitrogens with two attached hydrogens (primary N) is 1. The maximum absolute atomic E-state index is 14.8. The highest BCUT2D eigenvalue weighted by molar-refractivity contribution is 7.13. The van der Waals surface area contributed by atoms with Gasteiger partial charge in [-0.1, -0.05) is 54.6 Å². The minimum atomic E-state index is -3.80. The predicted octanol–water partition coefficient (Wildman–Crippen LogP) is 4.90. The van der Waals surface area contributed by atoms with E-state index in [0.29, 0.717) is 27.0 Å². The van der Waals surface area contributed by atoms with Gasteiger partial charge in [-0.2, -0.15) is 8.78 Å². The van der Waals surface area contributed by atoms with Gasteiger partial charge in [0.2, 0.25) is 5.91 Å². The number of thiazole rings is 1. The molecule has 156 valence electrons. The number of aromatic nitrogens is 1. The van der Waals surface area contributed by atoms with E-state index >= 15 is 0 Å². The Morgan fingerprint density at radius 1 is 1.00 bits per heavy atom. The van der Waals surface area contributed by atoms with E-state index in [4.69, 9.17) is 10.5 Å². The van der Waals surface area contributed by atoms with E-state index in [2.05, 4.69) is 4.98 Å². The van der Waals surface area contributed by atoms with E-state index in [-0.39, 0.29) is 6.61 Å². The molecule has 5 nitrogen and oxygen atoms in total. The molecule has 0 aliphatic heterocycles.